The third-order valence-corrected chi connectivity index (χ3v) is 3.37. The molecule has 1 aliphatic rings. The molecule has 2 rings (SSSR count). The molecule has 1 aromatic rings. The summed E-state index contributed by atoms with van der Waals surface area (Å²) < 4.78 is 1.36. The molecular formula is C12H19N5O3. The van der Waals surface area contributed by atoms with Gasteiger partial charge in [0.1, 0.15) is 19.0 Å². The Bertz CT molecular complexity index is 479. The maximum absolute atomic E-state index is 10.6. The van der Waals surface area contributed by atoms with Crippen molar-refractivity contribution in [2.45, 2.75) is 19.3 Å². The summed E-state index contributed by atoms with van der Waals surface area (Å²) in [7, 11) is 1.57. The number of likely N-dealkylation sites (tertiary alicyclic amines) is 1. The number of aromatic nitrogens is 2. The Kier molecular flexibility index (Phi) is 5.05. The molecule has 0 unspecified atom stereocenters. The highest BCUT2D eigenvalue weighted by molar-refractivity contribution is 5.77. The first-order valence-electron chi connectivity index (χ1n) is 6.72. The molecule has 8 heteroatoms. The quantitative estimate of drug-likeness (QED) is 0.338. The van der Waals surface area contributed by atoms with Crippen molar-refractivity contribution >= 4 is 12.2 Å². The van der Waals surface area contributed by atoms with E-state index >= 15 is 0 Å². The van der Waals surface area contributed by atoms with Crippen LogP contribution >= 0.6 is 0 Å². The minimum absolute atomic E-state index is 0.209. The van der Waals surface area contributed by atoms with E-state index < -0.39 is 4.92 Å². The number of nitro groups is 1. The molecule has 0 N–H and O–H groups in total. The molecule has 1 aliphatic heterocycles. The van der Waals surface area contributed by atoms with E-state index in [1.165, 1.54) is 36.2 Å². The van der Waals surface area contributed by atoms with Gasteiger partial charge in [0.25, 0.3) is 0 Å². The van der Waals surface area contributed by atoms with Crippen LogP contribution < -0.4 is 0 Å². The van der Waals surface area contributed by atoms with Crippen LogP contribution in [-0.2, 0) is 11.9 Å². The molecule has 0 aromatic carbocycles. The van der Waals surface area contributed by atoms with Crippen LogP contribution in [0.1, 0.15) is 25.0 Å². The van der Waals surface area contributed by atoms with E-state index in [1.54, 1.807) is 7.05 Å². The highest BCUT2D eigenvalue weighted by Gasteiger charge is 2.15. The summed E-state index contributed by atoms with van der Waals surface area (Å²) in [5.41, 5.74) is 0.537. The summed E-state index contributed by atoms with van der Waals surface area (Å²) in [4.78, 5) is 21.3. The van der Waals surface area contributed by atoms with Gasteiger partial charge in [0.2, 0.25) is 0 Å². The van der Waals surface area contributed by atoms with Gasteiger partial charge in [0, 0.05) is 6.54 Å². The summed E-state index contributed by atoms with van der Waals surface area (Å²) in [5, 5.41) is 14.5. The third-order valence-electron chi connectivity index (χ3n) is 3.37. The first-order chi connectivity index (χ1) is 9.68. The molecule has 0 amide bonds. The maximum Gasteiger partial charge on any atom is 0.434 e. The number of hydrogen-bond acceptors (Lipinski definition) is 6. The number of piperidine rings is 1. The Morgan fingerprint density at radius 1 is 1.50 bits per heavy atom. The Hall–Kier alpha value is -1.96. The second-order valence-electron chi connectivity index (χ2n) is 4.77. The first-order valence-corrected chi connectivity index (χ1v) is 6.72. The number of rotatable bonds is 6. The second-order valence-corrected chi connectivity index (χ2v) is 4.77. The van der Waals surface area contributed by atoms with Crippen molar-refractivity contribution in [2.24, 2.45) is 12.2 Å². The van der Waals surface area contributed by atoms with Crippen LogP contribution in [0.25, 0.3) is 0 Å². The molecule has 110 valence electrons. The average molecular weight is 281 g/mol. The zero-order chi connectivity index (χ0) is 14.4. The largest absolute Gasteiger partial charge is 0.434 e. The fraction of sp³-hybridized carbons (Fsp3) is 0.667. The SMILES string of the molecule is Cn1c(/C=N/OCCN2CCCCC2)cnc1[N+](=O)[O-]. The predicted molar refractivity (Wildman–Crippen MR) is 73.7 cm³/mol. The van der Waals surface area contributed by atoms with Crippen molar-refractivity contribution in [3.05, 3.63) is 22.0 Å². The minimum Gasteiger partial charge on any atom is -0.394 e. The average Bonchev–Trinajstić information content (AvgIpc) is 2.81. The summed E-state index contributed by atoms with van der Waals surface area (Å²) in [6.45, 7) is 3.64. The zero-order valence-electron chi connectivity index (χ0n) is 11.6. The number of hydrogen-bond donors (Lipinski definition) is 0. The van der Waals surface area contributed by atoms with Gasteiger partial charge in [-0.25, -0.2) is 4.57 Å². The smallest absolute Gasteiger partial charge is 0.394 e. The van der Waals surface area contributed by atoms with Gasteiger partial charge < -0.3 is 15.0 Å². The van der Waals surface area contributed by atoms with Gasteiger partial charge in [-0.2, -0.15) is 0 Å². The molecule has 0 atom stereocenters. The van der Waals surface area contributed by atoms with Crippen LogP contribution in [0, 0.1) is 10.1 Å². The topological polar surface area (TPSA) is 85.8 Å². The van der Waals surface area contributed by atoms with Gasteiger partial charge in [0.15, 0.2) is 5.69 Å². The molecular weight excluding hydrogens is 262 g/mol. The first kappa shape index (κ1) is 14.4. The van der Waals surface area contributed by atoms with E-state index in [0.29, 0.717) is 12.3 Å². The predicted octanol–water partition coefficient (Wildman–Crippen LogP) is 1.16. The van der Waals surface area contributed by atoms with Crippen molar-refractivity contribution in [3.8, 4) is 0 Å². The molecule has 0 spiro atoms. The van der Waals surface area contributed by atoms with Crippen LogP contribution in [0.2, 0.25) is 0 Å². The lowest BCUT2D eigenvalue weighted by molar-refractivity contribution is -0.396. The fourth-order valence-electron chi connectivity index (χ4n) is 2.20. The van der Waals surface area contributed by atoms with Crippen LogP contribution in [-0.4, -0.2) is 51.8 Å². The molecule has 20 heavy (non-hydrogen) atoms. The maximum atomic E-state index is 10.6. The van der Waals surface area contributed by atoms with Crippen molar-refractivity contribution in [1.82, 2.24) is 14.5 Å². The fourth-order valence-corrected chi connectivity index (χ4v) is 2.20. The number of nitrogens with zero attached hydrogens (tertiary/aromatic N) is 5. The van der Waals surface area contributed by atoms with Crippen molar-refractivity contribution < 1.29 is 9.76 Å². The van der Waals surface area contributed by atoms with Crippen LogP contribution in [0.3, 0.4) is 0 Å². The monoisotopic (exact) mass is 281 g/mol. The number of oxime groups is 1. The van der Waals surface area contributed by atoms with Gasteiger partial charge in [0.05, 0.1) is 7.05 Å². The van der Waals surface area contributed by atoms with Crippen LogP contribution in [0.5, 0.6) is 0 Å². The van der Waals surface area contributed by atoms with Gasteiger partial charge in [-0.05, 0) is 30.9 Å². The lowest BCUT2D eigenvalue weighted by Gasteiger charge is -2.25. The van der Waals surface area contributed by atoms with Gasteiger partial charge in [-0.15, -0.1) is 0 Å². The summed E-state index contributed by atoms with van der Waals surface area (Å²) in [6.07, 6.45) is 6.66. The van der Waals surface area contributed by atoms with Crippen LogP contribution in [0.15, 0.2) is 11.4 Å². The van der Waals surface area contributed by atoms with E-state index in [4.69, 9.17) is 4.84 Å². The van der Waals surface area contributed by atoms with Crippen molar-refractivity contribution in [3.63, 3.8) is 0 Å². The van der Waals surface area contributed by atoms with Gasteiger partial charge >= 0.3 is 5.95 Å². The summed E-state index contributed by atoms with van der Waals surface area (Å²) >= 11 is 0. The Labute approximate surface area is 117 Å². The van der Waals surface area contributed by atoms with E-state index in [0.717, 1.165) is 19.6 Å². The van der Waals surface area contributed by atoms with Gasteiger partial charge in [-0.1, -0.05) is 16.6 Å². The van der Waals surface area contributed by atoms with E-state index in [1.807, 2.05) is 0 Å². The molecule has 1 fully saturated rings. The second kappa shape index (κ2) is 6.99. The molecule has 1 saturated heterocycles. The molecule has 0 bridgehead atoms. The normalized spacial score (nSPS) is 16.6. The standard InChI is InChI=1S/C12H19N5O3/c1-15-11(9-13-12(15)17(18)19)10-14-20-8-7-16-5-3-2-4-6-16/h9-10H,2-8H2,1H3/b14-10+. The molecule has 0 radical (unpaired) electrons. The Morgan fingerprint density at radius 3 is 2.90 bits per heavy atom. The lowest BCUT2D eigenvalue weighted by atomic mass is 10.1. The summed E-state index contributed by atoms with van der Waals surface area (Å²) in [5.74, 6) is -0.209. The Morgan fingerprint density at radius 2 is 2.25 bits per heavy atom. The molecule has 8 nitrogen and oxygen atoms in total. The van der Waals surface area contributed by atoms with E-state index in [9.17, 15) is 10.1 Å². The highest BCUT2D eigenvalue weighted by atomic mass is 16.6. The lowest BCUT2D eigenvalue weighted by Crippen LogP contribution is -2.32. The molecule has 1 aromatic heterocycles. The molecule has 0 aliphatic carbocycles. The third kappa shape index (κ3) is 3.77. The van der Waals surface area contributed by atoms with Crippen LogP contribution in [0.4, 0.5) is 5.95 Å². The van der Waals surface area contributed by atoms with E-state index in [2.05, 4.69) is 15.0 Å². The molecule has 2 heterocycles. The Balaban J connectivity index is 1.74. The zero-order valence-corrected chi connectivity index (χ0v) is 11.6. The van der Waals surface area contributed by atoms with E-state index in [-0.39, 0.29) is 5.95 Å². The molecule has 0 saturated carbocycles. The van der Waals surface area contributed by atoms with Gasteiger partial charge in [-0.3, -0.25) is 4.90 Å². The minimum atomic E-state index is -0.533. The number of imidazole rings is 1. The van der Waals surface area contributed by atoms with Crippen molar-refractivity contribution in [1.29, 1.82) is 0 Å². The highest BCUT2D eigenvalue weighted by Crippen LogP contribution is 2.09. The summed E-state index contributed by atoms with van der Waals surface area (Å²) in [6, 6.07) is 0. The van der Waals surface area contributed by atoms with Crippen molar-refractivity contribution in [2.75, 3.05) is 26.2 Å².